The van der Waals surface area contributed by atoms with E-state index in [1.54, 1.807) is 0 Å². The molecular weight excluding hydrogens is 649 g/mol. The van der Waals surface area contributed by atoms with Crippen molar-refractivity contribution in [1.29, 1.82) is 0 Å². The lowest BCUT2D eigenvalue weighted by Gasteiger charge is -2.10. The summed E-state index contributed by atoms with van der Waals surface area (Å²) in [5.74, 6) is 0. The van der Waals surface area contributed by atoms with E-state index in [2.05, 4.69) is 218 Å². The molecule has 0 atom stereocenters. The minimum Gasteiger partial charge on any atom is -0.0538 e. The molecule has 9 aromatic carbocycles. The quantitative estimate of drug-likeness (QED) is 0.149. The molecule has 0 spiro atoms. The molecule has 0 aromatic heterocycles. The Morgan fingerprint density at radius 3 is 0.148 bits per heavy atom. The third kappa shape index (κ3) is 6.15. The summed E-state index contributed by atoms with van der Waals surface area (Å²) in [5.41, 5.74) is 21.9. The molecule has 0 N–H and O–H groups in total. The van der Waals surface area contributed by atoms with Gasteiger partial charge >= 0.3 is 0 Å². The lowest BCUT2D eigenvalue weighted by molar-refractivity contribution is 1.55. The predicted octanol–water partition coefficient (Wildman–Crippen LogP) is 15.0. The van der Waals surface area contributed by atoms with E-state index in [1.165, 1.54) is 100 Å². The highest BCUT2D eigenvalue weighted by atomic mass is 14.1. The Balaban J connectivity index is 0.987. The third-order valence-corrected chi connectivity index (χ3v) is 11.0. The van der Waals surface area contributed by atoms with Crippen molar-refractivity contribution < 1.29 is 0 Å². The van der Waals surface area contributed by atoms with Gasteiger partial charge in [-0.15, -0.1) is 0 Å². The standard InChI is InChI=1S/C54H36/c1-2-38-4-3-37(1)39-5-7-41(8-6-39)43-13-15-45(16-14-43)47-21-23-49(24-22-47)51-29-31-53(32-30-51)54-35-33-52(34-36-54)50-27-25-48(26-28-50)46-19-17-44(18-20-46)42-11-9-40(38)10-12-42/h1-36H. The van der Waals surface area contributed by atoms with Gasteiger partial charge in [-0.1, -0.05) is 218 Å². The molecule has 0 aliphatic heterocycles. The van der Waals surface area contributed by atoms with E-state index in [9.17, 15) is 0 Å². The number of hydrogen-bond donors (Lipinski definition) is 0. The predicted molar refractivity (Wildman–Crippen MR) is 229 cm³/mol. The Kier molecular flexibility index (Phi) is 7.93. The molecule has 0 heterocycles. The first-order chi connectivity index (χ1) is 26.7. The van der Waals surface area contributed by atoms with Crippen molar-refractivity contribution in [2.45, 2.75) is 0 Å². The van der Waals surface area contributed by atoms with Crippen LogP contribution < -0.4 is 0 Å². The topological polar surface area (TPSA) is 0 Å². The number of hydrogen-bond acceptors (Lipinski definition) is 0. The van der Waals surface area contributed by atoms with Crippen LogP contribution in [-0.2, 0) is 0 Å². The van der Waals surface area contributed by atoms with Crippen molar-refractivity contribution in [2.24, 2.45) is 0 Å². The fourth-order valence-corrected chi connectivity index (χ4v) is 7.70. The maximum atomic E-state index is 2.23. The van der Waals surface area contributed by atoms with Crippen LogP contribution in [0.3, 0.4) is 0 Å². The van der Waals surface area contributed by atoms with Gasteiger partial charge in [-0.25, -0.2) is 0 Å². The Labute approximate surface area is 317 Å². The van der Waals surface area contributed by atoms with Crippen LogP contribution in [0.1, 0.15) is 0 Å². The number of benzene rings is 9. The zero-order valence-electron chi connectivity index (χ0n) is 29.8. The summed E-state index contributed by atoms with van der Waals surface area (Å²) in [6.45, 7) is 0. The fourth-order valence-electron chi connectivity index (χ4n) is 7.70. The summed E-state index contributed by atoms with van der Waals surface area (Å²) in [6.07, 6.45) is 0. The van der Waals surface area contributed by atoms with Crippen molar-refractivity contribution in [2.75, 3.05) is 0 Å². The van der Waals surface area contributed by atoms with E-state index in [-0.39, 0.29) is 0 Å². The summed E-state index contributed by atoms with van der Waals surface area (Å²) in [4.78, 5) is 0. The second-order valence-electron chi connectivity index (χ2n) is 14.2. The van der Waals surface area contributed by atoms with Gasteiger partial charge in [0.1, 0.15) is 0 Å². The molecule has 0 fully saturated rings. The number of rotatable bonds is 0. The Morgan fingerprint density at radius 2 is 0.111 bits per heavy atom. The second-order valence-corrected chi connectivity index (χ2v) is 14.2. The molecule has 0 amide bonds. The minimum atomic E-state index is 1.22. The van der Waals surface area contributed by atoms with Gasteiger partial charge in [0.05, 0.1) is 0 Å². The summed E-state index contributed by atoms with van der Waals surface area (Å²) in [5, 5.41) is 0. The van der Waals surface area contributed by atoms with Crippen LogP contribution in [0, 0.1) is 0 Å². The van der Waals surface area contributed by atoms with E-state index in [4.69, 9.17) is 0 Å². The molecule has 25 aliphatic rings. The molecule has 25 aliphatic carbocycles. The minimum absolute atomic E-state index is 1.22. The highest BCUT2D eigenvalue weighted by Gasteiger charge is 2.08. The largest absolute Gasteiger partial charge is 0.0538 e. The Bertz CT molecular complexity index is 1870. The van der Waals surface area contributed by atoms with Gasteiger partial charge in [-0.2, -0.15) is 0 Å². The monoisotopic (exact) mass is 684 g/mol. The lowest BCUT2D eigenvalue weighted by atomic mass is 9.95. The van der Waals surface area contributed by atoms with Gasteiger partial charge in [-0.3, -0.25) is 0 Å². The van der Waals surface area contributed by atoms with E-state index in [0.717, 1.165) is 0 Å². The SMILES string of the molecule is c1cc2ccc1-c1ccc(cc1)-c1ccc(cc1)-c1ccc(cc1)-c1ccc(cc1)-c1ccc(cc1)-c1ccc(cc1)-c1ccc(cc1)-c1ccc-2cc1. The normalized spacial score (nSPS) is 11.3. The Morgan fingerprint density at radius 1 is 0.0741 bits per heavy atom. The summed E-state index contributed by atoms with van der Waals surface area (Å²) >= 11 is 0. The van der Waals surface area contributed by atoms with Crippen LogP contribution in [0.15, 0.2) is 218 Å². The van der Waals surface area contributed by atoms with Gasteiger partial charge < -0.3 is 0 Å². The van der Waals surface area contributed by atoms with Crippen molar-refractivity contribution in [3.05, 3.63) is 218 Å². The van der Waals surface area contributed by atoms with E-state index in [0.29, 0.717) is 0 Å². The molecule has 0 heteroatoms. The van der Waals surface area contributed by atoms with E-state index < -0.39 is 0 Å². The van der Waals surface area contributed by atoms with Gasteiger partial charge in [0.2, 0.25) is 0 Å². The zero-order valence-corrected chi connectivity index (χ0v) is 29.8. The third-order valence-electron chi connectivity index (χ3n) is 11.0. The molecule has 54 heavy (non-hydrogen) atoms. The summed E-state index contributed by atoms with van der Waals surface area (Å²) < 4.78 is 0. The smallest absolute Gasteiger partial charge is 0.0184 e. The van der Waals surface area contributed by atoms with Crippen LogP contribution >= 0.6 is 0 Å². The molecule has 9 aromatic rings. The van der Waals surface area contributed by atoms with E-state index >= 15 is 0 Å². The molecular formula is C54H36. The molecule has 0 saturated carbocycles. The van der Waals surface area contributed by atoms with Gasteiger partial charge in [0.15, 0.2) is 0 Å². The zero-order chi connectivity index (χ0) is 35.8. The first kappa shape index (κ1) is 31.7. The van der Waals surface area contributed by atoms with Crippen LogP contribution in [0.4, 0.5) is 0 Å². The Hall–Kier alpha value is -7.02. The van der Waals surface area contributed by atoms with Crippen LogP contribution in [0.25, 0.3) is 100 Å². The van der Waals surface area contributed by atoms with E-state index in [1.807, 2.05) is 0 Å². The molecule has 0 radical (unpaired) electrons. The lowest BCUT2D eigenvalue weighted by Crippen LogP contribution is -1.85. The van der Waals surface area contributed by atoms with Crippen molar-refractivity contribution in [3.63, 3.8) is 0 Å². The fraction of sp³-hybridized carbons (Fsp3) is 0. The molecule has 0 nitrogen and oxygen atoms in total. The maximum Gasteiger partial charge on any atom is -0.0184 e. The summed E-state index contributed by atoms with van der Waals surface area (Å²) in [6, 6.07) is 80.1. The molecule has 252 valence electrons. The summed E-state index contributed by atoms with van der Waals surface area (Å²) in [7, 11) is 0. The maximum absolute atomic E-state index is 2.23. The molecule has 34 rings (SSSR count). The van der Waals surface area contributed by atoms with Crippen LogP contribution in [-0.4, -0.2) is 0 Å². The molecule has 0 unspecified atom stereocenters. The van der Waals surface area contributed by atoms with Gasteiger partial charge in [0, 0.05) is 0 Å². The van der Waals surface area contributed by atoms with Crippen LogP contribution in [0.5, 0.6) is 0 Å². The van der Waals surface area contributed by atoms with Crippen LogP contribution in [0.2, 0.25) is 0 Å². The van der Waals surface area contributed by atoms with Crippen molar-refractivity contribution >= 4 is 0 Å². The van der Waals surface area contributed by atoms with Gasteiger partial charge in [-0.05, 0) is 100 Å². The first-order valence-corrected chi connectivity index (χ1v) is 18.6. The average molecular weight is 685 g/mol. The highest BCUT2D eigenvalue weighted by molar-refractivity contribution is 5.79. The highest BCUT2D eigenvalue weighted by Crippen LogP contribution is 2.33. The van der Waals surface area contributed by atoms with Gasteiger partial charge in [0.25, 0.3) is 0 Å². The first-order valence-electron chi connectivity index (χ1n) is 18.6. The average Bonchev–Trinajstić information content (AvgIpc) is 3.27. The molecule has 18 bridgehead atoms. The van der Waals surface area contributed by atoms with Crippen molar-refractivity contribution in [1.82, 2.24) is 0 Å². The second kappa shape index (κ2) is 13.5. The van der Waals surface area contributed by atoms with Crippen molar-refractivity contribution in [3.8, 4) is 100 Å². The molecule has 0 saturated heterocycles.